The van der Waals surface area contributed by atoms with E-state index in [4.69, 9.17) is 9.84 Å². The molecule has 1 aromatic carbocycles. The van der Waals surface area contributed by atoms with E-state index in [1.54, 1.807) is 18.2 Å². The summed E-state index contributed by atoms with van der Waals surface area (Å²) in [5, 5.41) is 8.70. The Kier molecular flexibility index (Phi) is 5.86. The lowest BCUT2D eigenvalue weighted by Gasteiger charge is -2.19. The van der Waals surface area contributed by atoms with Crippen LogP contribution >= 0.6 is 0 Å². The van der Waals surface area contributed by atoms with Gasteiger partial charge >= 0.3 is 6.18 Å². The maximum Gasteiger partial charge on any atom is 0.401 e. The van der Waals surface area contributed by atoms with Crippen LogP contribution in [0.3, 0.4) is 0 Å². The van der Waals surface area contributed by atoms with Crippen LogP contribution < -0.4 is 4.74 Å². The predicted octanol–water partition coefficient (Wildman–Crippen LogP) is 2.03. The highest BCUT2D eigenvalue weighted by atomic mass is 19.4. The van der Waals surface area contributed by atoms with Crippen LogP contribution in [0.5, 0.6) is 5.75 Å². The summed E-state index contributed by atoms with van der Waals surface area (Å²) in [4.78, 5) is 1.15. The van der Waals surface area contributed by atoms with Crippen LogP contribution in [0.4, 0.5) is 13.2 Å². The van der Waals surface area contributed by atoms with Gasteiger partial charge in [-0.1, -0.05) is 11.8 Å². The molecule has 0 bridgehead atoms. The number of hydrogen-bond acceptors (Lipinski definition) is 3. The third kappa shape index (κ3) is 5.51. The van der Waals surface area contributed by atoms with Crippen molar-refractivity contribution < 1.29 is 23.0 Å². The standard InChI is InChI=1S/C14H16F3NO2/c1-18(10-14(15,16)17)9-12-8-13(20-2)6-5-11(12)4-3-7-19/h5-6,8,19H,7,9-10H2,1-2H3. The number of hydrogen-bond donors (Lipinski definition) is 1. The lowest BCUT2D eigenvalue weighted by atomic mass is 10.1. The number of halogens is 3. The lowest BCUT2D eigenvalue weighted by Crippen LogP contribution is -2.30. The second kappa shape index (κ2) is 7.17. The third-order valence-corrected chi connectivity index (χ3v) is 2.50. The molecule has 0 aliphatic carbocycles. The van der Waals surface area contributed by atoms with Gasteiger partial charge in [-0.2, -0.15) is 13.2 Å². The molecule has 0 unspecified atom stereocenters. The summed E-state index contributed by atoms with van der Waals surface area (Å²) >= 11 is 0. The van der Waals surface area contributed by atoms with Crippen molar-refractivity contribution >= 4 is 0 Å². The minimum atomic E-state index is -4.25. The van der Waals surface area contributed by atoms with Gasteiger partial charge in [-0.05, 0) is 30.8 Å². The number of alkyl halides is 3. The second-order valence-corrected chi connectivity index (χ2v) is 4.27. The van der Waals surface area contributed by atoms with Crippen LogP contribution in [0.2, 0.25) is 0 Å². The number of nitrogens with zero attached hydrogens (tertiary/aromatic N) is 1. The molecule has 0 heterocycles. The summed E-state index contributed by atoms with van der Waals surface area (Å²) in [7, 11) is 2.87. The van der Waals surface area contributed by atoms with Crippen LogP contribution in [0.15, 0.2) is 18.2 Å². The summed E-state index contributed by atoms with van der Waals surface area (Å²) in [6, 6.07) is 4.99. The van der Waals surface area contributed by atoms with Crippen LogP contribution in [-0.2, 0) is 6.54 Å². The van der Waals surface area contributed by atoms with Crippen molar-refractivity contribution in [1.82, 2.24) is 4.90 Å². The molecule has 0 amide bonds. The molecule has 1 rings (SSSR count). The lowest BCUT2D eigenvalue weighted by molar-refractivity contribution is -0.144. The molecule has 0 aromatic heterocycles. The smallest absolute Gasteiger partial charge is 0.401 e. The molecule has 0 aliphatic rings. The Morgan fingerprint density at radius 2 is 2.05 bits per heavy atom. The first-order chi connectivity index (χ1) is 9.35. The molecular weight excluding hydrogens is 271 g/mol. The molecule has 0 atom stereocenters. The highest BCUT2D eigenvalue weighted by Gasteiger charge is 2.29. The molecule has 110 valence electrons. The van der Waals surface area contributed by atoms with Gasteiger partial charge in [0, 0.05) is 12.1 Å². The Hall–Kier alpha value is -1.71. The average Bonchev–Trinajstić information content (AvgIpc) is 2.34. The molecule has 6 heteroatoms. The SMILES string of the molecule is COc1ccc(C#CCO)c(CN(C)CC(F)(F)F)c1. The van der Waals surface area contributed by atoms with Crippen molar-refractivity contribution in [2.75, 3.05) is 27.3 Å². The molecule has 0 radical (unpaired) electrons. The molecule has 20 heavy (non-hydrogen) atoms. The van der Waals surface area contributed by atoms with Gasteiger partial charge in [0.05, 0.1) is 13.7 Å². The van der Waals surface area contributed by atoms with Crippen LogP contribution in [-0.4, -0.2) is 43.5 Å². The van der Waals surface area contributed by atoms with Crippen molar-refractivity contribution in [2.24, 2.45) is 0 Å². The number of aliphatic hydroxyl groups is 1. The molecule has 0 spiro atoms. The Morgan fingerprint density at radius 3 is 2.60 bits per heavy atom. The number of benzene rings is 1. The van der Waals surface area contributed by atoms with Gasteiger partial charge < -0.3 is 9.84 Å². The second-order valence-electron chi connectivity index (χ2n) is 4.27. The summed E-state index contributed by atoms with van der Waals surface area (Å²) < 4.78 is 42.0. The van der Waals surface area contributed by atoms with E-state index in [9.17, 15) is 13.2 Å². The Labute approximate surface area is 116 Å². The maximum atomic E-state index is 12.3. The number of methoxy groups -OCH3 is 1. The molecular formula is C14H16F3NO2. The van der Waals surface area contributed by atoms with Gasteiger partial charge in [-0.25, -0.2) is 0 Å². The van der Waals surface area contributed by atoms with Gasteiger partial charge in [0.25, 0.3) is 0 Å². The summed E-state index contributed by atoms with van der Waals surface area (Å²) in [5.41, 5.74) is 1.20. The molecule has 0 aliphatic heterocycles. The van der Waals surface area contributed by atoms with Crippen molar-refractivity contribution in [1.29, 1.82) is 0 Å². The largest absolute Gasteiger partial charge is 0.497 e. The zero-order valence-electron chi connectivity index (χ0n) is 11.3. The highest BCUT2D eigenvalue weighted by molar-refractivity contribution is 5.45. The number of aliphatic hydroxyl groups excluding tert-OH is 1. The minimum Gasteiger partial charge on any atom is -0.497 e. The van der Waals surface area contributed by atoms with E-state index in [0.717, 1.165) is 4.90 Å². The van der Waals surface area contributed by atoms with Gasteiger partial charge in [-0.3, -0.25) is 4.90 Å². The summed E-state index contributed by atoms with van der Waals surface area (Å²) in [5.74, 6) is 5.76. The van der Waals surface area contributed by atoms with E-state index < -0.39 is 12.7 Å². The van der Waals surface area contributed by atoms with Crippen LogP contribution in [0.25, 0.3) is 0 Å². The Balaban J connectivity index is 2.95. The van der Waals surface area contributed by atoms with E-state index in [1.165, 1.54) is 14.2 Å². The van der Waals surface area contributed by atoms with E-state index in [1.807, 2.05) is 0 Å². The fourth-order valence-electron chi connectivity index (χ4n) is 1.74. The first kappa shape index (κ1) is 16.3. The highest BCUT2D eigenvalue weighted by Crippen LogP contribution is 2.21. The first-order valence-corrected chi connectivity index (χ1v) is 5.87. The van der Waals surface area contributed by atoms with Gasteiger partial charge in [-0.15, -0.1) is 0 Å². The fourth-order valence-corrected chi connectivity index (χ4v) is 1.74. The van der Waals surface area contributed by atoms with E-state index in [0.29, 0.717) is 16.9 Å². The fraction of sp³-hybridized carbons (Fsp3) is 0.429. The number of rotatable bonds is 4. The normalized spacial score (nSPS) is 11.2. The maximum absolute atomic E-state index is 12.3. The average molecular weight is 287 g/mol. The quantitative estimate of drug-likeness (QED) is 0.860. The summed E-state index contributed by atoms with van der Waals surface area (Å²) in [6.45, 7) is -1.22. The van der Waals surface area contributed by atoms with Crippen LogP contribution in [0, 0.1) is 11.8 Å². The van der Waals surface area contributed by atoms with E-state index in [2.05, 4.69) is 11.8 Å². The molecule has 0 saturated heterocycles. The minimum absolute atomic E-state index is 0.0894. The topological polar surface area (TPSA) is 32.7 Å². The van der Waals surface area contributed by atoms with Crippen molar-refractivity contribution in [3.63, 3.8) is 0 Å². The third-order valence-electron chi connectivity index (χ3n) is 2.50. The van der Waals surface area contributed by atoms with Gasteiger partial charge in [0.2, 0.25) is 0 Å². The van der Waals surface area contributed by atoms with Crippen molar-refractivity contribution in [3.05, 3.63) is 29.3 Å². The summed E-state index contributed by atoms with van der Waals surface area (Å²) in [6.07, 6.45) is -4.25. The van der Waals surface area contributed by atoms with Gasteiger partial charge in [0.15, 0.2) is 0 Å². The van der Waals surface area contributed by atoms with E-state index >= 15 is 0 Å². The monoisotopic (exact) mass is 287 g/mol. The van der Waals surface area contributed by atoms with Gasteiger partial charge in [0.1, 0.15) is 12.4 Å². The van der Waals surface area contributed by atoms with Crippen molar-refractivity contribution in [3.8, 4) is 17.6 Å². The molecule has 1 N–H and O–H groups in total. The molecule has 3 nitrogen and oxygen atoms in total. The van der Waals surface area contributed by atoms with E-state index in [-0.39, 0.29) is 13.2 Å². The Bertz CT molecular complexity index is 503. The number of ether oxygens (including phenoxy) is 1. The molecule has 0 fully saturated rings. The van der Waals surface area contributed by atoms with Crippen molar-refractivity contribution in [2.45, 2.75) is 12.7 Å². The Morgan fingerprint density at radius 1 is 1.35 bits per heavy atom. The first-order valence-electron chi connectivity index (χ1n) is 5.87. The molecule has 1 aromatic rings. The zero-order chi connectivity index (χ0) is 15.2. The molecule has 0 saturated carbocycles. The predicted molar refractivity (Wildman–Crippen MR) is 69.3 cm³/mol. The zero-order valence-corrected chi connectivity index (χ0v) is 11.3. The van der Waals surface area contributed by atoms with Crippen LogP contribution in [0.1, 0.15) is 11.1 Å².